The van der Waals surface area contributed by atoms with Gasteiger partial charge < -0.3 is 9.84 Å². The van der Waals surface area contributed by atoms with Gasteiger partial charge in [-0.15, -0.1) is 0 Å². The van der Waals surface area contributed by atoms with Crippen LogP contribution in [0.15, 0.2) is 12.1 Å². The van der Waals surface area contributed by atoms with E-state index < -0.39 is 41.9 Å². The number of benzene rings is 1. The first-order valence-electron chi connectivity index (χ1n) is 4.44. The highest BCUT2D eigenvalue weighted by atomic mass is 19.3. The highest BCUT2D eigenvalue weighted by Gasteiger charge is 2.35. The van der Waals surface area contributed by atoms with Crippen LogP contribution >= 0.6 is 0 Å². The predicted octanol–water partition coefficient (Wildman–Crippen LogP) is 2.45. The second kappa shape index (κ2) is 4.69. The maximum Gasteiger partial charge on any atom is 0.279 e. The Morgan fingerprint density at radius 1 is 1.25 bits per heavy atom. The number of methoxy groups -OCH3 is 1. The summed E-state index contributed by atoms with van der Waals surface area (Å²) in [5.74, 6) is -6.56. The van der Waals surface area contributed by atoms with Gasteiger partial charge in [0, 0.05) is 19.1 Å². The van der Waals surface area contributed by atoms with Crippen LogP contribution in [0.3, 0.4) is 0 Å². The smallest absolute Gasteiger partial charge is 0.279 e. The van der Waals surface area contributed by atoms with E-state index in [-0.39, 0.29) is 0 Å². The van der Waals surface area contributed by atoms with Crippen LogP contribution < -0.4 is 4.74 Å². The lowest BCUT2D eigenvalue weighted by atomic mass is 10.0. The molecule has 0 unspecified atom stereocenters. The van der Waals surface area contributed by atoms with Crippen molar-refractivity contribution in [1.29, 1.82) is 0 Å². The lowest BCUT2D eigenvalue weighted by Gasteiger charge is -2.18. The van der Waals surface area contributed by atoms with Crippen LogP contribution in [0.25, 0.3) is 0 Å². The van der Waals surface area contributed by atoms with Crippen LogP contribution in [0.2, 0.25) is 0 Å². The van der Waals surface area contributed by atoms with E-state index in [2.05, 4.69) is 4.74 Å². The fourth-order valence-electron chi connectivity index (χ4n) is 1.26. The second-order valence-electron chi connectivity index (χ2n) is 3.14. The molecule has 0 atom stereocenters. The van der Waals surface area contributed by atoms with Crippen molar-refractivity contribution in [2.24, 2.45) is 0 Å². The van der Waals surface area contributed by atoms with Gasteiger partial charge in [0.15, 0.2) is 11.6 Å². The summed E-state index contributed by atoms with van der Waals surface area (Å²) in [7, 11) is 1.07. The van der Waals surface area contributed by atoms with Crippen LogP contribution in [0.1, 0.15) is 12.0 Å². The summed E-state index contributed by atoms with van der Waals surface area (Å²) in [5.41, 5.74) is -0.775. The topological polar surface area (TPSA) is 29.5 Å². The number of hydrogen-bond acceptors (Lipinski definition) is 2. The van der Waals surface area contributed by atoms with Gasteiger partial charge >= 0.3 is 0 Å². The van der Waals surface area contributed by atoms with Crippen molar-refractivity contribution in [3.63, 3.8) is 0 Å². The molecule has 0 aromatic heterocycles. The fraction of sp³-hybridized carbons (Fsp3) is 0.400. The molecule has 0 bridgehead atoms. The number of alkyl halides is 2. The lowest BCUT2D eigenvalue weighted by Crippen LogP contribution is -2.17. The highest BCUT2D eigenvalue weighted by molar-refractivity contribution is 5.38. The molecule has 1 aromatic carbocycles. The quantitative estimate of drug-likeness (QED) is 0.816. The largest absolute Gasteiger partial charge is 0.496 e. The zero-order valence-corrected chi connectivity index (χ0v) is 8.44. The number of aliphatic hydroxyl groups excluding tert-OH is 1. The van der Waals surface area contributed by atoms with E-state index >= 15 is 0 Å². The first-order chi connectivity index (χ1) is 7.42. The van der Waals surface area contributed by atoms with Gasteiger partial charge in [0.1, 0.15) is 5.75 Å². The summed E-state index contributed by atoms with van der Waals surface area (Å²) >= 11 is 0. The molecule has 0 amide bonds. The van der Waals surface area contributed by atoms with Crippen LogP contribution in [0, 0.1) is 11.6 Å². The summed E-state index contributed by atoms with van der Waals surface area (Å²) in [6.45, 7) is -0.769. The monoisotopic (exact) mass is 238 g/mol. The summed E-state index contributed by atoms with van der Waals surface area (Å²) in [6.07, 6.45) is -0.881. The Labute approximate surface area is 89.5 Å². The average Bonchev–Trinajstić information content (AvgIpc) is 2.21. The molecule has 0 heterocycles. The van der Waals surface area contributed by atoms with Crippen molar-refractivity contribution in [3.05, 3.63) is 29.3 Å². The number of halogens is 4. The van der Waals surface area contributed by atoms with Gasteiger partial charge in [-0.05, 0) is 6.07 Å². The molecular formula is C10H10F4O2. The maximum absolute atomic E-state index is 13.4. The first-order valence-corrected chi connectivity index (χ1v) is 4.44. The third-order valence-electron chi connectivity index (χ3n) is 2.06. The molecule has 0 saturated heterocycles. The molecule has 0 aliphatic rings. The highest BCUT2D eigenvalue weighted by Crippen LogP contribution is 2.38. The molecule has 2 nitrogen and oxygen atoms in total. The number of rotatable bonds is 4. The van der Waals surface area contributed by atoms with Crippen molar-refractivity contribution < 1.29 is 27.4 Å². The Morgan fingerprint density at radius 3 is 2.31 bits per heavy atom. The van der Waals surface area contributed by atoms with Crippen molar-refractivity contribution in [2.45, 2.75) is 12.3 Å². The van der Waals surface area contributed by atoms with Gasteiger partial charge in [0.2, 0.25) is 0 Å². The zero-order chi connectivity index (χ0) is 12.3. The summed E-state index contributed by atoms with van der Waals surface area (Å²) in [5, 5.41) is 8.46. The molecule has 0 aliphatic heterocycles. The van der Waals surface area contributed by atoms with E-state index in [0.29, 0.717) is 12.1 Å². The van der Waals surface area contributed by atoms with Gasteiger partial charge in [-0.3, -0.25) is 0 Å². The predicted molar refractivity (Wildman–Crippen MR) is 48.5 cm³/mol. The molecule has 16 heavy (non-hydrogen) atoms. The number of aliphatic hydroxyl groups is 1. The minimum atomic E-state index is -3.46. The molecule has 90 valence electrons. The Balaban J connectivity index is 3.26. The third-order valence-corrected chi connectivity index (χ3v) is 2.06. The molecule has 0 spiro atoms. The van der Waals surface area contributed by atoms with Gasteiger partial charge in [0.05, 0.1) is 12.7 Å². The third kappa shape index (κ3) is 2.44. The minimum absolute atomic E-state index is 0.379. The van der Waals surface area contributed by atoms with Gasteiger partial charge in [0.25, 0.3) is 5.92 Å². The van der Waals surface area contributed by atoms with E-state index in [1.54, 1.807) is 0 Å². The molecule has 0 radical (unpaired) electrons. The molecule has 1 rings (SSSR count). The molecule has 6 heteroatoms. The van der Waals surface area contributed by atoms with Crippen LogP contribution in [0.4, 0.5) is 17.6 Å². The van der Waals surface area contributed by atoms with Crippen molar-refractivity contribution >= 4 is 0 Å². The van der Waals surface area contributed by atoms with E-state index in [1.807, 2.05) is 0 Å². The molecule has 0 aliphatic carbocycles. The van der Waals surface area contributed by atoms with E-state index in [1.165, 1.54) is 0 Å². The van der Waals surface area contributed by atoms with Gasteiger partial charge in [-0.2, -0.15) is 0 Å². The normalized spacial score (nSPS) is 11.6. The average molecular weight is 238 g/mol. The standard InChI is InChI=1S/C10H10F4O2/c1-16-9-5-8(12)7(11)4-6(9)10(13,14)2-3-15/h4-5,15H,2-3H2,1H3. The molecule has 0 fully saturated rings. The Morgan fingerprint density at radius 2 is 1.81 bits per heavy atom. The van der Waals surface area contributed by atoms with E-state index in [9.17, 15) is 17.6 Å². The second-order valence-corrected chi connectivity index (χ2v) is 3.14. The van der Waals surface area contributed by atoms with Crippen LogP contribution in [0.5, 0.6) is 5.75 Å². The first kappa shape index (κ1) is 12.8. The lowest BCUT2D eigenvalue weighted by molar-refractivity contribution is -0.0291. The fourth-order valence-corrected chi connectivity index (χ4v) is 1.26. The van der Waals surface area contributed by atoms with Crippen molar-refractivity contribution in [1.82, 2.24) is 0 Å². The number of hydrogen-bond donors (Lipinski definition) is 1. The Hall–Kier alpha value is -1.30. The van der Waals surface area contributed by atoms with Gasteiger partial charge in [-0.1, -0.05) is 0 Å². The molecule has 1 aromatic rings. The van der Waals surface area contributed by atoms with E-state index in [0.717, 1.165) is 7.11 Å². The van der Waals surface area contributed by atoms with Crippen molar-refractivity contribution in [2.75, 3.05) is 13.7 Å². The van der Waals surface area contributed by atoms with Crippen LogP contribution in [-0.4, -0.2) is 18.8 Å². The Kier molecular flexibility index (Phi) is 3.74. The summed E-state index contributed by atoms with van der Waals surface area (Å²) < 4.78 is 56.9. The van der Waals surface area contributed by atoms with Crippen molar-refractivity contribution in [3.8, 4) is 5.75 Å². The molecular weight excluding hydrogens is 228 g/mol. The summed E-state index contributed by atoms with van der Waals surface area (Å²) in [4.78, 5) is 0. The zero-order valence-electron chi connectivity index (χ0n) is 8.44. The SMILES string of the molecule is COc1cc(F)c(F)cc1C(F)(F)CCO. The Bertz CT molecular complexity index is 379. The van der Waals surface area contributed by atoms with Crippen LogP contribution in [-0.2, 0) is 5.92 Å². The number of ether oxygens (including phenoxy) is 1. The maximum atomic E-state index is 13.4. The summed E-state index contributed by atoms with van der Waals surface area (Å²) in [6, 6.07) is 0.930. The van der Waals surface area contributed by atoms with Gasteiger partial charge in [-0.25, -0.2) is 17.6 Å². The minimum Gasteiger partial charge on any atom is -0.496 e. The van der Waals surface area contributed by atoms with E-state index in [4.69, 9.17) is 5.11 Å². The molecule has 0 saturated carbocycles. The molecule has 1 N–H and O–H groups in total.